The molecule has 0 aliphatic carbocycles. The standard InChI is InChI=1S/C15H12ClN3O2/c1-21-15(20)12-6-3-7-13-17-18-14(19(12)13)9-10-4-2-5-11(16)8-10/h2-8H,9H2,1H3. The van der Waals surface area contributed by atoms with Gasteiger partial charge in [0.15, 0.2) is 5.65 Å². The van der Waals surface area contributed by atoms with Gasteiger partial charge in [0.05, 0.1) is 7.11 Å². The predicted molar refractivity (Wildman–Crippen MR) is 78.6 cm³/mol. The van der Waals surface area contributed by atoms with Crippen molar-refractivity contribution < 1.29 is 9.53 Å². The molecule has 0 unspecified atom stereocenters. The summed E-state index contributed by atoms with van der Waals surface area (Å²) in [4.78, 5) is 11.9. The fraction of sp³-hybridized carbons (Fsp3) is 0.133. The van der Waals surface area contributed by atoms with Gasteiger partial charge in [-0.25, -0.2) is 4.79 Å². The minimum Gasteiger partial charge on any atom is -0.464 e. The van der Waals surface area contributed by atoms with Crippen molar-refractivity contribution in [2.75, 3.05) is 7.11 Å². The molecule has 0 fully saturated rings. The molecule has 106 valence electrons. The Bertz CT molecular complexity index is 814. The molecule has 2 heterocycles. The van der Waals surface area contributed by atoms with Crippen LogP contribution in [-0.4, -0.2) is 27.7 Å². The monoisotopic (exact) mass is 301 g/mol. The molecule has 0 bridgehead atoms. The summed E-state index contributed by atoms with van der Waals surface area (Å²) in [5.74, 6) is 0.237. The van der Waals surface area contributed by atoms with Crippen LogP contribution in [0.3, 0.4) is 0 Å². The molecule has 0 N–H and O–H groups in total. The van der Waals surface area contributed by atoms with Crippen molar-refractivity contribution in [3.05, 3.63) is 64.6 Å². The van der Waals surface area contributed by atoms with Gasteiger partial charge in [-0.3, -0.25) is 4.40 Å². The van der Waals surface area contributed by atoms with Crippen molar-refractivity contribution >= 4 is 23.2 Å². The lowest BCUT2D eigenvalue weighted by Gasteiger charge is -2.06. The minimum atomic E-state index is -0.423. The third-order valence-electron chi connectivity index (χ3n) is 3.14. The number of nitrogens with zero attached hydrogens (tertiary/aromatic N) is 3. The number of hydrogen-bond donors (Lipinski definition) is 0. The van der Waals surface area contributed by atoms with Crippen LogP contribution in [0.1, 0.15) is 21.9 Å². The van der Waals surface area contributed by atoms with Crippen LogP contribution in [0.4, 0.5) is 0 Å². The quantitative estimate of drug-likeness (QED) is 0.698. The van der Waals surface area contributed by atoms with Gasteiger partial charge in [-0.2, -0.15) is 0 Å². The first-order valence-corrected chi connectivity index (χ1v) is 6.72. The molecule has 3 aromatic rings. The number of pyridine rings is 1. The van der Waals surface area contributed by atoms with Crippen LogP contribution >= 0.6 is 11.6 Å². The molecule has 0 aliphatic heterocycles. The molecule has 21 heavy (non-hydrogen) atoms. The van der Waals surface area contributed by atoms with E-state index in [9.17, 15) is 4.79 Å². The number of fused-ring (bicyclic) bond motifs is 1. The second-order valence-corrected chi connectivity index (χ2v) is 4.96. The highest BCUT2D eigenvalue weighted by Gasteiger charge is 2.15. The number of benzene rings is 1. The van der Waals surface area contributed by atoms with Crippen LogP contribution in [0.5, 0.6) is 0 Å². The van der Waals surface area contributed by atoms with Crippen LogP contribution < -0.4 is 0 Å². The second-order valence-electron chi connectivity index (χ2n) is 4.52. The van der Waals surface area contributed by atoms with Gasteiger partial charge in [0.1, 0.15) is 11.5 Å². The maximum atomic E-state index is 11.9. The molecular formula is C15H12ClN3O2. The first-order valence-electron chi connectivity index (χ1n) is 6.35. The number of methoxy groups -OCH3 is 1. The van der Waals surface area contributed by atoms with Gasteiger partial charge >= 0.3 is 5.97 Å². The Labute approximate surface area is 126 Å². The summed E-state index contributed by atoms with van der Waals surface area (Å²) >= 11 is 5.99. The highest BCUT2D eigenvalue weighted by molar-refractivity contribution is 6.30. The van der Waals surface area contributed by atoms with Crippen LogP contribution in [0, 0.1) is 0 Å². The van der Waals surface area contributed by atoms with Crippen LogP contribution in [-0.2, 0) is 11.2 Å². The zero-order valence-corrected chi connectivity index (χ0v) is 12.0. The van der Waals surface area contributed by atoms with Crippen molar-refractivity contribution in [1.29, 1.82) is 0 Å². The summed E-state index contributed by atoms with van der Waals surface area (Å²) in [6, 6.07) is 12.7. The molecule has 5 nitrogen and oxygen atoms in total. The lowest BCUT2D eigenvalue weighted by Crippen LogP contribution is -2.10. The molecule has 1 aromatic carbocycles. The van der Waals surface area contributed by atoms with E-state index in [1.165, 1.54) is 7.11 Å². The molecule has 0 saturated heterocycles. The van der Waals surface area contributed by atoms with E-state index in [0.29, 0.717) is 28.6 Å². The number of aromatic nitrogens is 3. The summed E-state index contributed by atoms with van der Waals surface area (Å²) in [6.07, 6.45) is 0.524. The van der Waals surface area contributed by atoms with E-state index in [2.05, 4.69) is 10.2 Å². The van der Waals surface area contributed by atoms with E-state index in [1.807, 2.05) is 24.3 Å². The lowest BCUT2D eigenvalue weighted by molar-refractivity contribution is 0.0592. The smallest absolute Gasteiger partial charge is 0.355 e. The SMILES string of the molecule is COC(=O)c1cccc2nnc(Cc3cccc(Cl)c3)n12. The fourth-order valence-corrected chi connectivity index (χ4v) is 2.42. The Hall–Kier alpha value is -2.40. The molecule has 0 atom stereocenters. The molecule has 0 saturated carbocycles. The van der Waals surface area contributed by atoms with Crippen molar-refractivity contribution in [2.24, 2.45) is 0 Å². The third kappa shape index (κ3) is 2.60. The molecule has 0 aliphatic rings. The van der Waals surface area contributed by atoms with Gasteiger partial charge in [0.25, 0.3) is 0 Å². The van der Waals surface area contributed by atoms with Gasteiger partial charge in [0, 0.05) is 11.4 Å². The average Bonchev–Trinajstić information content (AvgIpc) is 2.90. The Balaban J connectivity index is 2.09. The molecule has 2 aromatic heterocycles. The minimum absolute atomic E-state index is 0.400. The molecule has 3 rings (SSSR count). The predicted octanol–water partition coefficient (Wildman–Crippen LogP) is 2.76. The molecule has 0 amide bonds. The largest absolute Gasteiger partial charge is 0.464 e. The highest BCUT2D eigenvalue weighted by Crippen LogP contribution is 2.16. The van der Waals surface area contributed by atoms with Crippen molar-refractivity contribution in [1.82, 2.24) is 14.6 Å². The lowest BCUT2D eigenvalue weighted by atomic mass is 10.1. The number of esters is 1. The molecule has 6 heteroatoms. The van der Waals surface area contributed by atoms with Gasteiger partial charge in [-0.15, -0.1) is 10.2 Å². The second kappa shape index (κ2) is 5.54. The van der Waals surface area contributed by atoms with E-state index in [1.54, 1.807) is 22.6 Å². The Kier molecular flexibility index (Phi) is 3.58. The van der Waals surface area contributed by atoms with E-state index < -0.39 is 5.97 Å². The van der Waals surface area contributed by atoms with Crippen molar-refractivity contribution in [2.45, 2.75) is 6.42 Å². The normalized spacial score (nSPS) is 10.8. The zero-order valence-electron chi connectivity index (χ0n) is 11.3. The van der Waals surface area contributed by atoms with Crippen LogP contribution in [0.15, 0.2) is 42.5 Å². The summed E-state index contributed by atoms with van der Waals surface area (Å²) in [5, 5.41) is 8.91. The molecular weight excluding hydrogens is 290 g/mol. The Morgan fingerprint density at radius 2 is 2.05 bits per heavy atom. The topological polar surface area (TPSA) is 56.5 Å². The third-order valence-corrected chi connectivity index (χ3v) is 3.38. The summed E-state index contributed by atoms with van der Waals surface area (Å²) < 4.78 is 6.50. The number of halogens is 1. The number of hydrogen-bond acceptors (Lipinski definition) is 4. The summed E-state index contributed by atoms with van der Waals surface area (Å²) in [6.45, 7) is 0. The summed E-state index contributed by atoms with van der Waals surface area (Å²) in [5.41, 5.74) is 2.00. The fourth-order valence-electron chi connectivity index (χ4n) is 2.21. The van der Waals surface area contributed by atoms with Crippen LogP contribution in [0.2, 0.25) is 5.02 Å². The summed E-state index contributed by atoms with van der Waals surface area (Å²) in [7, 11) is 1.35. The van der Waals surface area contributed by atoms with E-state index in [0.717, 1.165) is 5.56 Å². The Morgan fingerprint density at radius 1 is 1.24 bits per heavy atom. The van der Waals surface area contributed by atoms with E-state index >= 15 is 0 Å². The van der Waals surface area contributed by atoms with E-state index in [4.69, 9.17) is 16.3 Å². The van der Waals surface area contributed by atoms with E-state index in [-0.39, 0.29) is 0 Å². The Morgan fingerprint density at radius 3 is 2.81 bits per heavy atom. The highest BCUT2D eigenvalue weighted by atomic mass is 35.5. The van der Waals surface area contributed by atoms with Crippen LogP contribution in [0.25, 0.3) is 5.65 Å². The van der Waals surface area contributed by atoms with Gasteiger partial charge in [-0.1, -0.05) is 29.8 Å². The van der Waals surface area contributed by atoms with Crippen molar-refractivity contribution in [3.8, 4) is 0 Å². The molecule has 0 radical (unpaired) electrons. The maximum Gasteiger partial charge on any atom is 0.355 e. The van der Waals surface area contributed by atoms with Crippen molar-refractivity contribution in [3.63, 3.8) is 0 Å². The molecule has 0 spiro atoms. The average molecular weight is 302 g/mol. The number of rotatable bonds is 3. The number of carbonyl (C=O) groups is 1. The van der Waals surface area contributed by atoms with Gasteiger partial charge in [0.2, 0.25) is 0 Å². The number of ether oxygens (including phenoxy) is 1. The maximum absolute atomic E-state index is 11.9. The van der Waals surface area contributed by atoms with Gasteiger partial charge in [-0.05, 0) is 29.8 Å². The first kappa shape index (κ1) is 13.6. The zero-order chi connectivity index (χ0) is 14.8. The number of carbonyl (C=O) groups excluding carboxylic acids is 1. The first-order chi connectivity index (χ1) is 10.2. The van der Waals surface area contributed by atoms with Gasteiger partial charge < -0.3 is 4.74 Å².